The highest BCUT2D eigenvalue weighted by molar-refractivity contribution is 6.31. The average molecular weight is 615 g/mol. The van der Waals surface area contributed by atoms with E-state index in [9.17, 15) is 13.6 Å². The molecule has 10 heteroatoms. The Morgan fingerprint density at radius 2 is 1.68 bits per heavy atom. The Morgan fingerprint density at radius 1 is 0.977 bits per heavy atom. The summed E-state index contributed by atoms with van der Waals surface area (Å²) in [6.45, 7) is 0.133. The van der Waals surface area contributed by atoms with Gasteiger partial charge < -0.3 is 15.5 Å². The van der Waals surface area contributed by atoms with E-state index >= 15 is 0 Å². The minimum atomic E-state index is -0.709. The lowest BCUT2D eigenvalue weighted by Crippen LogP contribution is -2.48. The Kier molecular flexibility index (Phi) is 8.18. The molecular formula is C34H33ClF2N6O. The number of carbonyl (C=O) groups excluding carboxylic acids is 1. The van der Waals surface area contributed by atoms with Crippen molar-refractivity contribution in [3.8, 4) is 11.3 Å². The predicted molar refractivity (Wildman–Crippen MR) is 170 cm³/mol. The van der Waals surface area contributed by atoms with Gasteiger partial charge in [0.15, 0.2) is 0 Å². The van der Waals surface area contributed by atoms with Crippen molar-refractivity contribution in [1.29, 1.82) is 0 Å². The van der Waals surface area contributed by atoms with Gasteiger partial charge >= 0.3 is 0 Å². The van der Waals surface area contributed by atoms with E-state index < -0.39 is 11.6 Å². The molecule has 0 spiro atoms. The van der Waals surface area contributed by atoms with Crippen molar-refractivity contribution in [3.05, 3.63) is 106 Å². The van der Waals surface area contributed by atoms with Crippen LogP contribution in [0.25, 0.3) is 11.3 Å². The van der Waals surface area contributed by atoms with Gasteiger partial charge in [-0.15, -0.1) is 0 Å². The molecule has 0 saturated carbocycles. The molecule has 3 aromatic carbocycles. The molecule has 4 heterocycles. The largest absolute Gasteiger partial charge is 0.349 e. The van der Waals surface area contributed by atoms with Crippen LogP contribution in [-0.4, -0.2) is 51.7 Å². The number of rotatable bonds is 5. The Morgan fingerprint density at radius 3 is 2.39 bits per heavy atom. The monoisotopic (exact) mass is 614 g/mol. The van der Waals surface area contributed by atoms with Gasteiger partial charge in [0.05, 0.1) is 23.5 Å². The lowest BCUT2D eigenvalue weighted by atomic mass is 9.95. The van der Waals surface area contributed by atoms with E-state index in [0.717, 1.165) is 12.8 Å². The van der Waals surface area contributed by atoms with E-state index in [4.69, 9.17) is 16.6 Å². The summed E-state index contributed by atoms with van der Waals surface area (Å²) in [6, 6.07) is 17.4. The summed E-state index contributed by atoms with van der Waals surface area (Å²) in [4.78, 5) is 29.2. The third-order valence-corrected chi connectivity index (χ3v) is 9.04. The highest BCUT2D eigenvalue weighted by Gasteiger charge is 2.38. The predicted octanol–water partition coefficient (Wildman–Crippen LogP) is 7.16. The molecule has 2 unspecified atom stereocenters. The normalized spacial score (nSPS) is 20.5. The number of piperidine rings is 1. The van der Waals surface area contributed by atoms with E-state index in [1.807, 2.05) is 12.1 Å². The molecule has 7 nitrogen and oxygen atoms in total. The van der Waals surface area contributed by atoms with Crippen LogP contribution in [0.4, 0.5) is 20.4 Å². The summed E-state index contributed by atoms with van der Waals surface area (Å²) >= 11 is 6.32. The van der Waals surface area contributed by atoms with Crippen molar-refractivity contribution in [2.75, 3.05) is 12.4 Å². The molecule has 4 aromatic rings. The number of hydrogen-bond donors (Lipinski definition) is 2. The van der Waals surface area contributed by atoms with Gasteiger partial charge in [-0.3, -0.25) is 9.79 Å². The number of fused-ring (bicyclic) bond motifs is 5. The SMILES string of the molecule is C.CN1C2CCC1CC(NC(=O)c1ccc(Nc3ncc4c(n3)-c3ccc(Cl)cc3C(c3c(F)cccc3F)=NC4)cc1)C2. The van der Waals surface area contributed by atoms with Crippen molar-refractivity contribution in [1.82, 2.24) is 20.2 Å². The zero-order valence-electron chi connectivity index (χ0n) is 23.4. The average Bonchev–Trinajstić information content (AvgIpc) is 3.14. The molecule has 0 radical (unpaired) electrons. The number of nitrogens with zero attached hydrogens (tertiary/aromatic N) is 4. The second-order valence-electron chi connectivity index (χ2n) is 11.4. The molecule has 3 aliphatic heterocycles. The lowest BCUT2D eigenvalue weighted by Gasteiger charge is -2.36. The molecule has 3 aliphatic rings. The molecule has 2 bridgehead atoms. The molecule has 2 N–H and O–H groups in total. The maximum atomic E-state index is 14.8. The molecule has 7 rings (SSSR count). The number of benzene rings is 3. The second kappa shape index (κ2) is 12.1. The number of nitrogens with one attached hydrogen (secondary N) is 2. The Balaban J connectivity index is 0.00000343. The summed E-state index contributed by atoms with van der Waals surface area (Å²) in [5, 5.41) is 6.84. The van der Waals surface area contributed by atoms with Crippen LogP contribution < -0.4 is 10.6 Å². The van der Waals surface area contributed by atoms with Gasteiger partial charge in [0.25, 0.3) is 5.91 Å². The van der Waals surface area contributed by atoms with E-state index in [2.05, 4.69) is 32.6 Å². The Bertz CT molecular complexity index is 1730. The van der Waals surface area contributed by atoms with Gasteiger partial charge in [0.2, 0.25) is 5.95 Å². The second-order valence-corrected chi connectivity index (χ2v) is 11.8. The minimum Gasteiger partial charge on any atom is -0.349 e. The van der Waals surface area contributed by atoms with Gasteiger partial charge in [-0.25, -0.2) is 18.7 Å². The van der Waals surface area contributed by atoms with Crippen molar-refractivity contribution < 1.29 is 13.6 Å². The standard InChI is InChI=1S/C33H29ClF2N6O.CH4/c1-42-23-10-11-24(42)15-22(14-23)39-32(43)18-5-8-21(9-6-18)40-33-38-17-19-16-37-31(29-27(35)3-2-4-28(29)36)26-13-20(34)7-12-25(26)30(19)41-33;/h2-9,12-13,17,22-24H,10-11,14-16H2,1H3,(H,39,43)(H,38,40,41);1H4. The molecular weight excluding hydrogens is 582 g/mol. The van der Waals surface area contributed by atoms with Gasteiger partial charge in [-0.05, 0) is 81.3 Å². The smallest absolute Gasteiger partial charge is 0.251 e. The number of carbonyl (C=O) groups is 1. The molecule has 2 atom stereocenters. The number of anilines is 2. The van der Waals surface area contributed by atoms with E-state index in [1.54, 1.807) is 36.5 Å². The summed E-state index contributed by atoms with van der Waals surface area (Å²) in [5.41, 5.74) is 3.67. The van der Waals surface area contributed by atoms with Crippen LogP contribution in [0, 0.1) is 11.6 Å². The molecule has 2 saturated heterocycles. The first-order valence-corrected chi connectivity index (χ1v) is 14.8. The molecule has 226 valence electrons. The fourth-order valence-electron chi connectivity index (χ4n) is 6.55. The van der Waals surface area contributed by atoms with E-state index in [0.29, 0.717) is 56.7 Å². The molecule has 1 amide bonds. The van der Waals surface area contributed by atoms with Gasteiger partial charge in [0.1, 0.15) is 11.6 Å². The number of hydrogen-bond acceptors (Lipinski definition) is 6. The first-order valence-electron chi connectivity index (χ1n) is 14.4. The minimum absolute atomic E-state index is 0. The molecule has 1 aromatic heterocycles. The summed E-state index contributed by atoms with van der Waals surface area (Å²) < 4.78 is 29.6. The number of amides is 1. The Hall–Kier alpha value is -4.21. The maximum absolute atomic E-state index is 14.8. The van der Waals surface area contributed by atoms with Crippen molar-refractivity contribution >= 4 is 34.9 Å². The number of aromatic nitrogens is 2. The van der Waals surface area contributed by atoms with Crippen LogP contribution in [0.1, 0.15) is 60.2 Å². The third-order valence-electron chi connectivity index (χ3n) is 8.80. The number of aliphatic imine (C=N–C) groups is 1. The van der Waals surface area contributed by atoms with Gasteiger partial charge in [-0.2, -0.15) is 0 Å². The number of halogens is 3. The van der Waals surface area contributed by atoms with Crippen LogP contribution in [0.5, 0.6) is 0 Å². The van der Waals surface area contributed by atoms with E-state index in [1.165, 1.54) is 31.0 Å². The topological polar surface area (TPSA) is 82.5 Å². The highest BCUT2D eigenvalue weighted by Crippen LogP contribution is 2.36. The fourth-order valence-corrected chi connectivity index (χ4v) is 6.73. The maximum Gasteiger partial charge on any atom is 0.251 e. The fraction of sp³-hybridized carbons (Fsp3) is 0.294. The van der Waals surface area contributed by atoms with Crippen molar-refractivity contribution in [2.24, 2.45) is 4.99 Å². The molecule has 2 fully saturated rings. The zero-order chi connectivity index (χ0) is 29.7. The van der Waals surface area contributed by atoms with Gasteiger partial charge in [-0.1, -0.05) is 31.2 Å². The molecule has 44 heavy (non-hydrogen) atoms. The summed E-state index contributed by atoms with van der Waals surface area (Å²) in [6.07, 6.45) is 6.05. The lowest BCUT2D eigenvalue weighted by molar-refractivity contribution is 0.0882. The zero-order valence-corrected chi connectivity index (χ0v) is 24.2. The van der Waals surface area contributed by atoms with Crippen LogP contribution >= 0.6 is 11.6 Å². The highest BCUT2D eigenvalue weighted by atomic mass is 35.5. The van der Waals surface area contributed by atoms with Crippen molar-refractivity contribution in [2.45, 2.75) is 57.8 Å². The van der Waals surface area contributed by atoms with Crippen LogP contribution in [-0.2, 0) is 6.54 Å². The Labute approximate surface area is 260 Å². The molecule has 0 aliphatic carbocycles. The summed E-state index contributed by atoms with van der Waals surface area (Å²) in [7, 11) is 2.19. The van der Waals surface area contributed by atoms with Crippen LogP contribution in [0.3, 0.4) is 0 Å². The summed E-state index contributed by atoms with van der Waals surface area (Å²) in [5.74, 6) is -1.15. The quantitative estimate of drug-likeness (QED) is 0.249. The first-order chi connectivity index (χ1) is 20.8. The third kappa shape index (κ3) is 5.57. The van der Waals surface area contributed by atoms with Crippen LogP contribution in [0.15, 0.2) is 71.9 Å². The van der Waals surface area contributed by atoms with E-state index in [-0.39, 0.29) is 37.2 Å². The van der Waals surface area contributed by atoms with Gasteiger partial charge in [0, 0.05) is 57.3 Å². The van der Waals surface area contributed by atoms with Crippen molar-refractivity contribution in [3.63, 3.8) is 0 Å². The first kappa shape index (κ1) is 29.8. The van der Waals surface area contributed by atoms with Crippen LogP contribution in [0.2, 0.25) is 5.02 Å².